The maximum atomic E-state index is 5.46. The Hall–Kier alpha value is -1.10. The third-order valence-corrected chi connectivity index (χ3v) is 1.81. The van der Waals surface area contributed by atoms with Crippen LogP contribution in [-0.2, 0) is 6.54 Å². The standard InChI is InChI=1S/C9H10N4.2ClH/c10-5-8-1-2-9(12-6-8)13-4-3-11-7-13;;/h1-4,6-7H,5,10H2;2*1H. The number of hydrogen-bond donors (Lipinski definition) is 1. The topological polar surface area (TPSA) is 56.7 Å². The van der Waals surface area contributed by atoms with Crippen LogP contribution < -0.4 is 5.73 Å². The van der Waals surface area contributed by atoms with Gasteiger partial charge in [-0.1, -0.05) is 6.07 Å². The van der Waals surface area contributed by atoms with Crippen molar-refractivity contribution in [2.24, 2.45) is 5.73 Å². The minimum absolute atomic E-state index is 0. The first-order valence-electron chi connectivity index (χ1n) is 4.03. The first-order valence-corrected chi connectivity index (χ1v) is 4.03. The summed E-state index contributed by atoms with van der Waals surface area (Å²) in [4.78, 5) is 8.17. The number of imidazole rings is 1. The van der Waals surface area contributed by atoms with Crippen molar-refractivity contribution >= 4 is 24.8 Å². The maximum Gasteiger partial charge on any atom is 0.137 e. The van der Waals surface area contributed by atoms with E-state index in [4.69, 9.17) is 5.73 Å². The molecule has 2 aromatic heterocycles. The van der Waals surface area contributed by atoms with Gasteiger partial charge in [0.15, 0.2) is 0 Å². The highest BCUT2D eigenvalue weighted by atomic mass is 35.5. The largest absolute Gasteiger partial charge is 0.326 e. The Morgan fingerprint density at radius 2 is 2.07 bits per heavy atom. The summed E-state index contributed by atoms with van der Waals surface area (Å²) in [5.41, 5.74) is 6.49. The van der Waals surface area contributed by atoms with Crippen molar-refractivity contribution in [3.63, 3.8) is 0 Å². The highest BCUT2D eigenvalue weighted by Crippen LogP contribution is 2.04. The van der Waals surface area contributed by atoms with Crippen molar-refractivity contribution in [3.05, 3.63) is 42.6 Å². The molecule has 0 fully saturated rings. The summed E-state index contributed by atoms with van der Waals surface area (Å²) in [6, 6.07) is 3.88. The zero-order chi connectivity index (χ0) is 9.10. The number of nitrogens with two attached hydrogens (primary N) is 1. The predicted molar refractivity (Wildman–Crippen MR) is 63.7 cm³/mol. The van der Waals surface area contributed by atoms with E-state index in [1.54, 1.807) is 18.7 Å². The summed E-state index contributed by atoms with van der Waals surface area (Å²) in [5.74, 6) is 0.856. The molecule has 0 aliphatic carbocycles. The molecule has 0 amide bonds. The molecule has 2 heterocycles. The SMILES string of the molecule is Cl.Cl.NCc1ccc(-n2ccnc2)nc1. The third-order valence-electron chi connectivity index (χ3n) is 1.81. The molecule has 15 heavy (non-hydrogen) atoms. The van der Waals surface area contributed by atoms with Crippen LogP contribution in [0, 0.1) is 0 Å². The molecule has 6 heteroatoms. The van der Waals surface area contributed by atoms with Crippen LogP contribution in [0.4, 0.5) is 0 Å². The number of hydrogen-bond acceptors (Lipinski definition) is 3. The normalized spacial score (nSPS) is 8.87. The van der Waals surface area contributed by atoms with Crippen LogP contribution in [0.25, 0.3) is 5.82 Å². The summed E-state index contributed by atoms with van der Waals surface area (Å²) in [6.45, 7) is 0.525. The number of nitrogens with zero attached hydrogens (tertiary/aromatic N) is 3. The average molecular weight is 247 g/mol. The zero-order valence-corrected chi connectivity index (χ0v) is 9.54. The first-order chi connectivity index (χ1) is 6.40. The van der Waals surface area contributed by atoms with Crippen molar-refractivity contribution < 1.29 is 0 Å². The van der Waals surface area contributed by atoms with E-state index in [0.29, 0.717) is 6.54 Å². The minimum Gasteiger partial charge on any atom is -0.326 e. The lowest BCUT2D eigenvalue weighted by atomic mass is 10.3. The first kappa shape index (κ1) is 13.9. The van der Waals surface area contributed by atoms with Gasteiger partial charge >= 0.3 is 0 Å². The van der Waals surface area contributed by atoms with Crippen LogP contribution in [0.15, 0.2) is 37.1 Å². The fourth-order valence-corrected chi connectivity index (χ4v) is 1.08. The summed E-state index contributed by atoms with van der Waals surface area (Å²) in [5, 5.41) is 0. The van der Waals surface area contributed by atoms with E-state index >= 15 is 0 Å². The van der Waals surface area contributed by atoms with Gasteiger partial charge in [0.1, 0.15) is 12.1 Å². The Labute approximate surface area is 100 Å². The molecular weight excluding hydrogens is 235 g/mol. The van der Waals surface area contributed by atoms with Crippen LogP contribution in [0.3, 0.4) is 0 Å². The Morgan fingerprint density at radius 3 is 2.53 bits per heavy atom. The summed E-state index contributed by atoms with van der Waals surface area (Å²) in [6.07, 6.45) is 7.06. The van der Waals surface area contributed by atoms with Crippen LogP contribution >= 0.6 is 24.8 Å². The molecule has 2 rings (SSSR count). The Kier molecular flexibility index (Phi) is 5.93. The second kappa shape index (κ2) is 6.40. The highest BCUT2D eigenvalue weighted by Gasteiger charge is 1.95. The number of pyridine rings is 1. The van der Waals surface area contributed by atoms with E-state index in [1.807, 2.05) is 22.9 Å². The molecule has 0 aromatic carbocycles. The van der Waals surface area contributed by atoms with Crippen LogP contribution in [0.2, 0.25) is 0 Å². The Morgan fingerprint density at radius 1 is 1.27 bits per heavy atom. The van der Waals surface area contributed by atoms with Crippen molar-refractivity contribution in [1.29, 1.82) is 0 Å². The van der Waals surface area contributed by atoms with Gasteiger partial charge in [0.25, 0.3) is 0 Å². The van der Waals surface area contributed by atoms with Gasteiger partial charge in [-0.3, -0.25) is 4.57 Å². The third kappa shape index (κ3) is 3.20. The van der Waals surface area contributed by atoms with Gasteiger partial charge in [-0.05, 0) is 11.6 Å². The van der Waals surface area contributed by atoms with Crippen LogP contribution in [0.5, 0.6) is 0 Å². The van der Waals surface area contributed by atoms with Gasteiger partial charge < -0.3 is 5.73 Å². The van der Waals surface area contributed by atoms with Gasteiger partial charge in [0.2, 0.25) is 0 Å². The van der Waals surface area contributed by atoms with E-state index in [0.717, 1.165) is 11.4 Å². The van der Waals surface area contributed by atoms with Crippen LogP contribution in [0.1, 0.15) is 5.56 Å². The molecular formula is C9H12Cl2N4. The van der Waals surface area contributed by atoms with Crippen molar-refractivity contribution in [2.45, 2.75) is 6.54 Å². The summed E-state index contributed by atoms with van der Waals surface area (Å²) in [7, 11) is 0. The molecule has 0 bridgehead atoms. The van der Waals surface area contributed by atoms with Crippen molar-refractivity contribution in [1.82, 2.24) is 14.5 Å². The van der Waals surface area contributed by atoms with E-state index in [-0.39, 0.29) is 24.8 Å². The highest BCUT2D eigenvalue weighted by molar-refractivity contribution is 5.85. The van der Waals surface area contributed by atoms with Gasteiger partial charge in [-0.15, -0.1) is 24.8 Å². The van der Waals surface area contributed by atoms with Crippen molar-refractivity contribution in [3.8, 4) is 5.82 Å². The predicted octanol–water partition coefficient (Wildman–Crippen LogP) is 1.57. The second-order valence-corrected chi connectivity index (χ2v) is 2.70. The van der Waals surface area contributed by atoms with Gasteiger partial charge in [-0.25, -0.2) is 9.97 Å². The number of halogens is 2. The van der Waals surface area contributed by atoms with Gasteiger partial charge in [0, 0.05) is 25.1 Å². The van der Waals surface area contributed by atoms with E-state index in [2.05, 4.69) is 9.97 Å². The molecule has 0 spiro atoms. The van der Waals surface area contributed by atoms with E-state index in [9.17, 15) is 0 Å². The quantitative estimate of drug-likeness (QED) is 0.876. The lowest BCUT2D eigenvalue weighted by Gasteiger charge is -2.01. The van der Waals surface area contributed by atoms with Gasteiger partial charge in [0.05, 0.1) is 0 Å². The average Bonchev–Trinajstić information content (AvgIpc) is 2.71. The maximum absolute atomic E-state index is 5.46. The second-order valence-electron chi connectivity index (χ2n) is 2.70. The molecule has 0 saturated carbocycles. The molecule has 2 aromatic rings. The molecule has 4 nitrogen and oxygen atoms in total. The molecule has 2 N–H and O–H groups in total. The molecule has 0 unspecified atom stereocenters. The minimum atomic E-state index is 0. The van der Waals surface area contributed by atoms with Crippen molar-refractivity contribution in [2.75, 3.05) is 0 Å². The van der Waals surface area contributed by atoms with Gasteiger partial charge in [-0.2, -0.15) is 0 Å². The lowest BCUT2D eigenvalue weighted by Crippen LogP contribution is -1.99. The molecule has 0 aliphatic heterocycles. The van der Waals surface area contributed by atoms with Crippen LogP contribution in [-0.4, -0.2) is 14.5 Å². The summed E-state index contributed by atoms with van der Waals surface area (Å²) < 4.78 is 1.85. The lowest BCUT2D eigenvalue weighted by molar-refractivity contribution is 0.969. The fourth-order valence-electron chi connectivity index (χ4n) is 1.08. The Balaban J connectivity index is 0.000000980. The molecule has 0 atom stereocenters. The zero-order valence-electron chi connectivity index (χ0n) is 7.91. The van der Waals surface area contributed by atoms with E-state index < -0.39 is 0 Å². The smallest absolute Gasteiger partial charge is 0.137 e. The number of aromatic nitrogens is 3. The van der Waals surface area contributed by atoms with E-state index in [1.165, 1.54) is 0 Å². The Bertz CT molecular complexity index is 372. The molecule has 0 aliphatic rings. The monoisotopic (exact) mass is 246 g/mol. The fraction of sp³-hybridized carbons (Fsp3) is 0.111. The molecule has 82 valence electrons. The number of rotatable bonds is 2. The molecule has 0 radical (unpaired) electrons. The summed E-state index contributed by atoms with van der Waals surface area (Å²) >= 11 is 0. The molecule has 0 saturated heterocycles.